The van der Waals surface area contributed by atoms with Crippen molar-refractivity contribution in [1.29, 1.82) is 0 Å². The molecule has 0 saturated carbocycles. The molecule has 2 aromatic carbocycles. The first-order valence-corrected chi connectivity index (χ1v) is 7.58. The van der Waals surface area contributed by atoms with Crippen molar-refractivity contribution in [1.82, 2.24) is 0 Å². The third kappa shape index (κ3) is 2.07. The average molecular weight is 319 g/mol. The van der Waals surface area contributed by atoms with Gasteiger partial charge in [0.2, 0.25) is 12.4 Å². The minimum Gasteiger partial charge on any atom is -1.00 e. The standard InChI is InChI=1S/C20H15N2.ClH/c1-3-7-18-15(5-1)11-12-21-14-22-17(13-20(18)21)10-9-16-6-2-4-8-19(16)22;/h1-13H,14H2;1H/q+1;/p-1. The first-order chi connectivity index (χ1) is 10.9. The van der Waals surface area contributed by atoms with Crippen LogP contribution in [0, 0.1) is 0 Å². The van der Waals surface area contributed by atoms with E-state index in [4.69, 9.17) is 0 Å². The first-order valence-electron chi connectivity index (χ1n) is 7.58. The second-order valence-electron chi connectivity index (χ2n) is 5.79. The number of anilines is 1. The summed E-state index contributed by atoms with van der Waals surface area (Å²) in [6, 6.07) is 19.3. The third-order valence-corrected chi connectivity index (χ3v) is 4.53. The number of rotatable bonds is 0. The molecular formula is C20H15ClN2. The topological polar surface area (TPSA) is 7.12 Å². The number of aromatic nitrogens is 1. The van der Waals surface area contributed by atoms with Crippen molar-refractivity contribution in [2.24, 2.45) is 0 Å². The lowest BCUT2D eigenvalue weighted by Gasteiger charge is -2.30. The van der Waals surface area contributed by atoms with Crippen molar-refractivity contribution in [2.75, 3.05) is 4.90 Å². The maximum Gasteiger partial charge on any atom is 0.228 e. The number of benzene rings is 2. The van der Waals surface area contributed by atoms with Gasteiger partial charge < -0.3 is 12.4 Å². The minimum absolute atomic E-state index is 0. The lowest BCUT2D eigenvalue weighted by atomic mass is 10.0. The molecule has 0 saturated heterocycles. The van der Waals surface area contributed by atoms with Gasteiger partial charge in [0, 0.05) is 12.1 Å². The molecule has 0 amide bonds. The summed E-state index contributed by atoms with van der Waals surface area (Å²) in [5, 5.41) is 2.60. The predicted molar refractivity (Wildman–Crippen MR) is 90.1 cm³/mol. The second-order valence-corrected chi connectivity index (χ2v) is 5.79. The monoisotopic (exact) mass is 318 g/mol. The summed E-state index contributed by atoms with van der Waals surface area (Å²) in [5.41, 5.74) is 5.11. The normalized spacial score (nSPS) is 14.4. The van der Waals surface area contributed by atoms with Crippen molar-refractivity contribution >= 4 is 28.6 Å². The van der Waals surface area contributed by atoms with E-state index in [1.807, 2.05) is 0 Å². The maximum absolute atomic E-state index is 2.37. The number of allylic oxidation sites excluding steroid dienone is 1. The quantitative estimate of drug-likeness (QED) is 0.561. The van der Waals surface area contributed by atoms with Crippen molar-refractivity contribution < 1.29 is 17.0 Å². The SMILES string of the molecule is C1=Cc2ccccc2N2C[n+]3ccc4ccccc4c3C=C12.[Cl-]. The summed E-state index contributed by atoms with van der Waals surface area (Å²) >= 11 is 0. The van der Waals surface area contributed by atoms with Crippen LogP contribution in [-0.4, -0.2) is 0 Å². The van der Waals surface area contributed by atoms with Crippen molar-refractivity contribution in [3.05, 3.63) is 83.8 Å². The largest absolute Gasteiger partial charge is 1.00 e. The van der Waals surface area contributed by atoms with E-state index in [0.717, 1.165) is 6.67 Å². The van der Waals surface area contributed by atoms with E-state index in [2.05, 4.69) is 88.5 Å². The van der Waals surface area contributed by atoms with Crippen LogP contribution in [-0.2, 0) is 6.67 Å². The van der Waals surface area contributed by atoms with E-state index >= 15 is 0 Å². The number of hydrogen-bond acceptors (Lipinski definition) is 1. The Kier molecular flexibility index (Phi) is 3.21. The van der Waals surface area contributed by atoms with Crippen LogP contribution in [0.1, 0.15) is 11.3 Å². The van der Waals surface area contributed by atoms with Gasteiger partial charge in [-0.1, -0.05) is 42.5 Å². The highest BCUT2D eigenvalue weighted by molar-refractivity contribution is 5.90. The number of nitrogens with zero attached hydrogens (tertiary/aromatic N) is 2. The molecule has 112 valence electrons. The van der Waals surface area contributed by atoms with Crippen molar-refractivity contribution in [3.8, 4) is 0 Å². The van der Waals surface area contributed by atoms with Gasteiger partial charge in [-0.2, -0.15) is 4.57 Å². The highest BCUT2D eigenvalue weighted by Crippen LogP contribution is 2.33. The Morgan fingerprint density at radius 1 is 0.870 bits per heavy atom. The number of pyridine rings is 1. The van der Waals surface area contributed by atoms with Gasteiger partial charge in [0.25, 0.3) is 0 Å². The molecule has 0 fully saturated rings. The summed E-state index contributed by atoms with van der Waals surface area (Å²) in [6.07, 6.45) is 8.90. The molecule has 0 spiro atoms. The van der Waals surface area contributed by atoms with Gasteiger partial charge in [-0.05, 0) is 29.2 Å². The Morgan fingerprint density at radius 2 is 1.70 bits per heavy atom. The van der Waals surface area contributed by atoms with Crippen LogP contribution in [0.15, 0.2) is 72.6 Å². The van der Waals surface area contributed by atoms with E-state index in [-0.39, 0.29) is 12.4 Å². The minimum atomic E-state index is 0. The molecule has 0 bridgehead atoms. The van der Waals surface area contributed by atoms with Crippen LogP contribution < -0.4 is 21.9 Å². The summed E-state index contributed by atoms with van der Waals surface area (Å²) in [7, 11) is 0. The zero-order chi connectivity index (χ0) is 14.5. The highest BCUT2D eigenvalue weighted by Gasteiger charge is 2.27. The molecule has 0 aliphatic carbocycles. The fourth-order valence-electron chi connectivity index (χ4n) is 3.42. The Hall–Kier alpha value is -2.58. The van der Waals surface area contributed by atoms with Gasteiger partial charge >= 0.3 is 0 Å². The number of fused-ring (bicyclic) bond motifs is 6. The van der Waals surface area contributed by atoms with E-state index < -0.39 is 0 Å². The van der Waals surface area contributed by atoms with Crippen LogP contribution in [0.3, 0.4) is 0 Å². The number of para-hydroxylation sites is 1. The lowest BCUT2D eigenvalue weighted by Crippen LogP contribution is -3.00. The van der Waals surface area contributed by atoms with Crippen LogP contribution in [0.5, 0.6) is 0 Å². The van der Waals surface area contributed by atoms with Crippen molar-refractivity contribution in [3.63, 3.8) is 0 Å². The fraction of sp³-hybridized carbons (Fsp3) is 0.0500. The smallest absolute Gasteiger partial charge is 0.228 e. The molecule has 5 rings (SSSR count). The summed E-state index contributed by atoms with van der Waals surface area (Å²) in [6.45, 7) is 0.855. The molecule has 0 radical (unpaired) electrons. The zero-order valence-corrected chi connectivity index (χ0v) is 13.2. The van der Waals surface area contributed by atoms with Gasteiger partial charge in [0.15, 0.2) is 6.20 Å². The van der Waals surface area contributed by atoms with Crippen LogP contribution >= 0.6 is 0 Å². The predicted octanol–water partition coefficient (Wildman–Crippen LogP) is 0.977. The Balaban J connectivity index is 0.00000135. The van der Waals surface area contributed by atoms with Crippen LogP contribution in [0.2, 0.25) is 0 Å². The van der Waals surface area contributed by atoms with E-state index in [1.165, 1.54) is 33.4 Å². The van der Waals surface area contributed by atoms with E-state index in [1.54, 1.807) is 0 Å². The Labute approximate surface area is 141 Å². The van der Waals surface area contributed by atoms with Gasteiger partial charge in [0.05, 0.1) is 16.8 Å². The third-order valence-electron chi connectivity index (χ3n) is 4.53. The molecule has 3 aromatic rings. The van der Waals surface area contributed by atoms with E-state index in [9.17, 15) is 0 Å². The van der Waals surface area contributed by atoms with E-state index in [0.29, 0.717) is 0 Å². The van der Waals surface area contributed by atoms with Gasteiger partial charge in [-0.25, -0.2) is 0 Å². The van der Waals surface area contributed by atoms with Crippen molar-refractivity contribution in [2.45, 2.75) is 6.67 Å². The molecule has 2 aliphatic heterocycles. The molecule has 2 aliphatic rings. The Bertz CT molecular complexity index is 972. The van der Waals surface area contributed by atoms with Gasteiger partial charge in [-0.3, -0.25) is 4.90 Å². The van der Waals surface area contributed by atoms with Gasteiger partial charge in [0.1, 0.15) is 0 Å². The molecule has 0 unspecified atom stereocenters. The number of halogens is 1. The summed E-state index contributed by atoms with van der Waals surface area (Å²) in [4.78, 5) is 2.37. The maximum atomic E-state index is 2.37. The van der Waals surface area contributed by atoms with Crippen LogP contribution in [0.4, 0.5) is 5.69 Å². The van der Waals surface area contributed by atoms with Crippen LogP contribution in [0.25, 0.3) is 22.9 Å². The molecular weight excluding hydrogens is 304 g/mol. The number of hydrogen-bond donors (Lipinski definition) is 0. The molecule has 23 heavy (non-hydrogen) atoms. The zero-order valence-electron chi connectivity index (χ0n) is 12.5. The molecule has 3 heterocycles. The molecule has 0 N–H and O–H groups in total. The second kappa shape index (κ2) is 5.25. The lowest BCUT2D eigenvalue weighted by molar-refractivity contribution is -0.697. The average Bonchev–Trinajstić information content (AvgIpc) is 2.60. The molecule has 0 atom stereocenters. The fourth-order valence-corrected chi connectivity index (χ4v) is 3.42. The summed E-state index contributed by atoms with van der Waals surface area (Å²) in [5.74, 6) is 0. The molecule has 2 nitrogen and oxygen atoms in total. The van der Waals surface area contributed by atoms with Gasteiger partial charge in [-0.15, -0.1) is 0 Å². The summed E-state index contributed by atoms with van der Waals surface area (Å²) < 4.78 is 2.32. The highest BCUT2D eigenvalue weighted by atomic mass is 35.5. The first kappa shape index (κ1) is 14.0. The Morgan fingerprint density at radius 3 is 2.65 bits per heavy atom. The molecule has 1 aromatic heterocycles. The molecule has 3 heteroatoms.